The van der Waals surface area contributed by atoms with E-state index in [0.29, 0.717) is 22.3 Å². The summed E-state index contributed by atoms with van der Waals surface area (Å²) < 4.78 is 71.9. The van der Waals surface area contributed by atoms with E-state index in [9.17, 15) is 31.5 Å². The number of methoxy groups -OCH3 is 1. The molecule has 0 bridgehead atoms. The number of halogens is 5. The van der Waals surface area contributed by atoms with Gasteiger partial charge in [0.1, 0.15) is 29.2 Å². The fourth-order valence-electron chi connectivity index (χ4n) is 4.97. The largest absolute Gasteiger partial charge is 0.416 e. The predicted molar refractivity (Wildman–Crippen MR) is 126 cm³/mol. The van der Waals surface area contributed by atoms with Gasteiger partial charge in [0.05, 0.1) is 24.6 Å². The Bertz CT molecular complexity index is 1390. The molecule has 2 aliphatic rings. The van der Waals surface area contributed by atoms with Gasteiger partial charge in [-0.3, -0.25) is 4.79 Å². The fraction of sp³-hybridized carbons (Fsp3) is 0.478. The molecule has 3 amide bonds. The highest BCUT2D eigenvalue weighted by molar-refractivity contribution is 6.23. The Morgan fingerprint density at radius 1 is 1.10 bits per heavy atom. The van der Waals surface area contributed by atoms with Crippen LogP contribution in [0.25, 0.3) is 11.2 Å². The molecule has 3 aromatic heterocycles. The van der Waals surface area contributed by atoms with Crippen molar-refractivity contribution in [3.05, 3.63) is 36.3 Å². The average molecular weight is 554 g/mol. The lowest BCUT2D eigenvalue weighted by atomic mass is 9.85. The maximum absolute atomic E-state index is 13.7. The molecule has 2 fully saturated rings. The summed E-state index contributed by atoms with van der Waals surface area (Å²) >= 11 is 0. The number of carbonyl (C=O) groups excluding carboxylic acids is 2. The topological polar surface area (TPSA) is 110 Å². The summed E-state index contributed by atoms with van der Waals surface area (Å²) in [6, 6.07) is 0.650. The van der Waals surface area contributed by atoms with Crippen LogP contribution < -0.4 is 9.80 Å². The van der Waals surface area contributed by atoms with E-state index in [0.717, 1.165) is 16.9 Å². The molecule has 0 unspecified atom stereocenters. The van der Waals surface area contributed by atoms with Crippen molar-refractivity contribution >= 4 is 34.7 Å². The van der Waals surface area contributed by atoms with Gasteiger partial charge >= 0.3 is 12.2 Å². The number of alkyl halides is 5. The molecule has 16 heteroatoms. The van der Waals surface area contributed by atoms with Crippen molar-refractivity contribution in [2.24, 2.45) is 0 Å². The van der Waals surface area contributed by atoms with Crippen molar-refractivity contribution in [2.75, 3.05) is 43.2 Å². The van der Waals surface area contributed by atoms with Gasteiger partial charge in [-0.1, -0.05) is 0 Å². The van der Waals surface area contributed by atoms with Crippen LogP contribution in [-0.2, 0) is 22.3 Å². The number of pyridine rings is 1. The van der Waals surface area contributed by atoms with Crippen LogP contribution in [-0.4, -0.2) is 86.9 Å². The van der Waals surface area contributed by atoms with Crippen molar-refractivity contribution in [1.82, 2.24) is 29.6 Å². The number of piperidine rings is 1. The van der Waals surface area contributed by atoms with Gasteiger partial charge in [-0.05, 0) is 25.0 Å². The minimum absolute atomic E-state index is 0.0368. The Labute approximate surface area is 218 Å². The van der Waals surface area contributed by atoms with Crippen molar-refractivity contribution in [1.29, 1.82) is 0 Å². The Morgan fingerprint density at radius 3 is 2.51 bits per heavy atom. The number of hydrogen-bond donors (Lipinski definition) is 0. The zero-order chi connectivity index (χ0) is 27.9. The fourth-order valence-corrected chi connectivity index (χ4v) is 4.97. The quantitative estimate of drug-likeness (QED) is 0.324. The van der Waals surface area contributed by atoms with Gasteiger partial charge in [0, 0.05) is 32.9 Å². The predicted octanol–water partition coefficient (Wildman–Crippen LogP) is 2.96. The second kappa shape index (κ2) is 9.98. The second-order valence-electron chi connectivity index (χ2n) is 9.14. The van der Waals surface area contributed by atoms with Crippen LogP contribution in [0.1, 0.15) is 18.4 Å². The highest BCUT2D eigenvalue weighted by Crippen LogP contribution is 2.40. The van der Waals surface area contributed by atoms with Crippen LogP contribution in [0.4, 0.5) is 38.4 Å². The van der Waals surface area contributed by atoms with Gasteiger partial charge in [-0.2, -0.15) is 18.3 Å². The van der Waals surface area contributed by atoms with Crippen molar-refractivity contribution in [3.8, 4) is 0 Å². The number of amides is 3. The van der Waals surface area contributed by atoms with E-state index in [1.54, 1.807) is 4.90 Å². The van der Waals surface area contributed by atoms with Crippen LogP contribution in [0.5, 0.6) is 0 Å². The Morgan fingerprint density at radius 2 is 1.85 bits per heavy atom. The zero-order valence-electron chi connectivity index (χ0n) is 20.6. The summed E-state index contributed by atoms with van der Waals surface area (Å²) in [5, 5.41) is 3.91. The van der Waals surface area contributed by atoms with E-state index in [4.69, 9.17) is 4.74 Å². The second-order valence-corrected chi connectivity index (χ2v) is 9.14. The van der Waals surface area contributed by atoms with Gasteiger partial charge in [-0.15, -0.1) is 0 Å². The lowest BCUT2D eigenvalue weighted by molar-refractivity contribution is -0.137. The Hall–Kier alpha value is -3.95. The number of aromatic nitrogens is 5. The molecular formula is C23H23F5N8O3. The van der Waals surface area contributed by atoms with Crippen LogP contribution in [0.2, 0.25) is 0 Å². The molecule has 1 spiro atoms. The molecule has 2 saturated heterocycles. The minimum Gasteiger partial charge on any atom is -0.383 e. The van der Waals surface area contributed by atoms with Crippen LogP contribution in [0.3, 0.4) is 0 Å². The minimum atomic E-state index is -4.69. The molecule has 2 aliphatic heterocycles. The van der Waals surface area contributed by atoms with E-state index >= 15 is 0 Å². The van der Waals surface area contributed by atoms with E-state index in [-0.39, 0.29) is 44.7 Å². The SMILES string of the molecule is COCCN1C(=O)N(c2cc(C(F)(F)F)ccn2)C(=O)C12CCN(c1cnc3cnn(CC(F)F)c3n1)CC2. The van der Waals surface area contributed by atoms with Gasteiger partial charge in [0.15, 0.2) is 5.65 Å². The smallest absolute Gasteiger partial charge is 0.383 e. The van der Waals surface area contributed by atoms with Gasteiger partial charge in [0.2, 0.25) is 0 Å². The number of nitrogens with zero attached hydrogens (tertiary/aromatic N) is 8. The molecule has 0 atom stereocenters. The first kappa shape index (κ1) is 26.6. The summed E-state index contributed by atoms with van der Waals surface area (Å²) in [6.45, 7) is -0.0416. The molecule has 0 aromatic carbocycles. The third-order valence-corrected chi connectivity index (χ3v) is 6.92. The third-order valence-electron chi connectivity index (χ3n) is 6.92. The molecular weight excluding hydrogens is 531 g/mol. The van der Waals surface area contributed by atoms with Crippen LogP contribution in [0, 0.1) is 0 Å². The summed E-state index contributed by atoms with van der Waals surface area (Å²) in [4.78, 5) is 43.5. The molecule has 0 radical (unpaired) electrons. The number of fused-ring (bicyclic) bond motifs is 1. The number of ether oxygens (including phenoxy) is 1. The summed E-state index contributed by atoms with van der Waals surface area (Å²) in [6.07, 6.45) is -3.34. The number of rotatable bonds is 7. The van der Waals surface area contributed by atoms with E-state index in [2.05, 4.69) is 20.1 Å². The van der Waals surface area contributed by atoms with Crippen molar-refractivity contribution < 1.29 is 36.3 Å². The van der Waals surface area contributed by atoms with E-state index in [1.165, 1.54) is 24.4 Å². The summed E-state index contributed by atoms with van der Waals surface area (Å²) in [5.41, 5.74) is -1.84. The first-order valence-corrected chi connectivity index (χ1v) is 11.9. The Balaban J connectivity index is 1.42. The molecule has 0 saturated carbocycles. The highest BCUT2D eigenvalue weighted by Gasteiger charge is 2.59. The van der Waals surface area contributed by atoms with Crippen molar-refractivity contribution in [3.63, 3.8) is 0 Å². The Kier molecular flexibility index (Phi) is 6.82. The van der Waals surface area contributed by atoms with Gasteiger partial charge < -0.3 is 14.5 Å². The zero-order valence-corrected chi connectivity index (χ0v) is 20.6. The first-order valence-electron chi connectivity index (χ1n) is 11.9. The van der Waals surface area contributed by atoms with Crippen LogP contribution in [0.15, 0.2) is 30.7 Å². The number of imide groups is 1. The van der Waals surface area contributed by atoms with Crippen LogP contribution >= 0.6 is 0 Å². The normalized spacial score (nSPS) is 17.9. The molecule has 11 nitrogen and oxygen atoms in total. The maximum atomic E-state index is 13.7. The van der Waals surface area contributed by atoms with E-state index in [1.807, 2.05) is 0 Å². The molecule has 5 heterocycles. The molecule has 3 aromatic rings. The maximum Gasteiger partial charge on any atom is 0.416 e. The highest BCUT2D eigenvalue weighted by atomic mass is 19.4. The number of carbonyl (C=O) groups is 2. The molecule has 208 valence electrons. The molecule has 39 heavy (non-hydrogen) atoms. The first-order chi connectivity index (χ1) is 18.5. The van der Waals surface area contributed by atoms with Crippen molar-refractivity contribution in [2.45, 2.75) is 37.5 Å². The summed E-state index contributed by atoms with van der Waals surface area (Å²) in [5.74, 6) is -0.707. The molecule has 5 rings (SSSR count). The van der Waals surface area contributed by atoms with E-state index < -0.39 is 48.0 Å². The summed E-state index contributed by atoms with van der Waals surface area (Å²) in [7, 11) is 1.43. The number of urea groups is 1. The lowest BCUT2D eigenvalue weighted by Gasteiger charge is -2.42. The standard InChI is InChI=1S/C23H23F5N8O3/c1-39-9-8-34-21(38)36(17-10-14(2-5-29-17)23(26,27)28)20(37)22(34)3-6-33(7-4-22)18-12-30-15-11-31-35(13-16(24)25)19(15)32-18/h2,5,10-12,16H,3-4,6-9,13H2,1H3. The monoisotopic (exact) mass is 554 g/mol. The van der Waals surface area contributed by atoms with Gasteiger partial charge in [-0.25, -0.2) is 38.1 Å². The molecule has 0 aliphatic carbocycles. The van der Waals surface area contributed by atoms with Gasteiger partial charge in [0.25, 0.3) is 12.3 Å². The lowest BCUT2D eigenvalue weighted by Crippen LogP contribution is -2.57. The average Bonchev–Trinajstić information content (AvgIpc) is 3.38. The molecule has 0 N–H and O–H groups in total. The number of anilines is 2. The third kappa shape index (κ3) is 4.72. The number of hydrogen-bond acceptors (Lipinski definition) is 8.